The fourth-order valence-corrected chi connectivity index (χ4v) is 6.95. The second-order valence-corrected chi connectivity index (χ2v) is 11.0. The van der Waals surface area contributed by atoms with Gasteiger partial charge >= 0.3 is 0 Å². The number of rotatable bonds is 5. The molecule has 4 saturated carbocycles. The molecule has 0 aromatic heterocycles. The lowest BCUT2D eigenvalue weighted by atomic mass is 9.49. The van der Waals surface area contributed by atoms with Gasteiger partial charge in [0.25, 0.3) is 5.91 Å². The van der Waals surface area contributed by atoms with Gasteiger partial charge in [0.15, 0.2) is 0 Å². The lowest BCUT2D eigenvalue weighted by Gasteiger charge is -2.57. The average Bonchev–Trinajstić information content (AvgIpc) is 2.52. The number of hydrogen-bond donors (Lipinski definition) is 2. The molecule has 0 unspecified atom stereocenters. The molecule has 5 nitrogen and oxygen atoms in total. The highest BCUT2D eigenvalue weighted by molar-refractivity contribution is 9.10. The van der Waals surface area contributed by atoms with Crippen LogP contribution in [0.2, 0.25) is 0 Å². The van der Waals surface area contributed by atoms with E-state index >= 15 is 0 Å². The Morgan fingerprint density at radius 2 is 1.73 bits per heavy atom. The molecule has 7 heteroatoms. The highest BCUT2D eigenvalue weighted by atomic mass is 79.9. The van der Waals surface area contributed by atoms with Crippen molar-refractivity contribution in [2.45, 2.75) is 49.8 Å². The standard InChI is InChI=1S/C19H25BrN2O3S/c20-17-2-1-15(26(21,24)25)8-16(17)18(23)22-4-3-19-9-12-5-13(10-19)7-14(6-12)11-19/h1-2,8,12-14H,3-7,9-11H2,(H,22,23)(H2,21,24,25). The third kappa shape index (κ3) is 3.58. The fourth-order valence-electron chi connectivity index (χ4n) is 5.99. The van der Waals surface area contributed by atoms with Crippen molar-refractivity contribution < 1.29 is 13.2 Å². The Kier molecular flexibility index (Phi) is 4.68. The Labute approximate surface area is 163 Å². The maximum atomic E-state index is 12.6. The van der Waals surface area contributed by atoms with Crippen LogP contribution in [0.25, 0.3) is 0 Å². The molecular weight excluding hydrogens is 416 g/mol. The zero-order chi connectivity index (χ0) is 18.5. The molecule has 26 heavy (non-hydrogen) atoms. The topological polar surface area (TPSA) is 89.3 Å². The van der Waals surface area contributed by atoms with Gasteiger partial charge in [-0.05, 0) is 102 Å². The van der Waals surface area contributed by atoms with E-state index in [0.717, 1.165) is 24.2 Å². The molecule has 1 aromatic rings. The number of primary sulfonamides is 1. The molecule has 1 amide bonds. The van der Waals surface area contributed by atoms with E-state index in [9.17, 15) is 13.2 Å². The zero-order valence-corrected chi connectivity index (χ0v) is 17.1. The maximum Gasteiger partial charge on any atom is 0.252 e. The number of amides is 1. The molecule has 0 radical (unpaired) electrons. The summed E-state index contributed by atoms with van der Waals surface area (Å²) in [6.07, 6.45) is 9.23. The minimum atomic E-state index is -3.83. The third-order valence-corrected chi connectivity index (χ3v) is 8.22. The van der Waals surface area contributed by atoms with Gasteiger partial charge in [0, 0.05) is 11.0 Å². The minimum absolute atomic E-state index is 0.0491. The smallest absolute Gasteiger partial charge is 0.252 e. The quantitative estimate of drug-likeness (QED) is 0.734. The molecule has 0 heterocycles. The van der Waals surface area contributed by atoms with Crippen LogP contribution in [0.5, 0.6) is 0 Å². The third-order valence-electron chi connectivity index (χ3n) is 6.62. The molecule has 0 saturated heterocycles. The van der Waals surface area contributed by atoms with Crippen LogP contribution in [0.1, 0.15) is 55.3 Å². The largest absolute Gasteiger partial charge is 0.352 e. The number of sulfonamides is 1. The number of nitrogens with two attached hydrogens (primary N) is 1. The second kappa shape index (κ2) is 6.60. The predicted molar refractivity (Wildman–Crippen MR) is 103 cm³/mol. The van der Waals surface area contributed by atoms with Gasteiger partial charge in [-0.25, -0.2) is 13.6 Å². The van der Waals surface area contributed by atoms with Crippen LogP contribution < -0.4 is 10.5 Å². The Morgan fingerprint density at radius 1 is 1.15 bits per heavy atom. The van der Waals surface area contributed by atoms with Crippen LogP contribution >= 0.6 is 15.9 Å². The summed E-state index contributed by atoms with van der Waals surface area (Å²) in [7, 11) is -3.83. The molecule has 0 aliphatic heterocycles. The van der Waals surface area contributed by atoms with Crippen molar-refractivity contribution in [2.24, 2.45) is 28.3 Å². The van der Waals surface area contributed by atoms with Gasteiger partial charge in [0.2, 0.25) is 10.0 Å². The highest BCUT2D eigenvalue weighted by Gasteiger charge is 2.50. The van der Waals surface area contributed by atoms with Crippen LogP contribution in [0.3, 0.4) is 0 Å². The van der Waals surface area contributed by atoms with Crippen LogP contribution in [-0.2, 0) is 10.0 Å². The first-order valence-corrected chi connectivity index (χ1v) is 11.7. The van der Waals surface area contributed by atoms with Crippen LogP contribution in [0, 0.1) is 23.2 Å². The van der Waals surface area contributed by atoms with E-state index < -0.39 is 10.0 Å². The summed E-state index contributed by atoms with van der Waals surface area (Å²) in [6, 6.07) is 4.28. The predicted octanol–water partition coefficient (Wildman–Crippen LogP) is 3.43. The number of carbonyl (C=O) groups is 1. The van der Waals surface area contributed by atoms with Gasteiger partial charge in [0.05, 0.1) is 10.5 Å². The first-order valence-electron chi connectivity index (χ1n) is 9.35. The van der Waals surface area contributed by atoms with Crippen LogP contribution in [0.4, 0.5) is 0 Å². The summed E-state index contributed by atoms with van der Waals surface area (Å²) in [5, 5.41) is 8.16. The number of nitrogens with one attached hydrogen (secondary N) is 1. The summed E-state index contributed by atoms with van der Waals surface area (Å²) in [5.74, 6) is 2.44. The summed E-state index contributed by atoms with van der Waals surface area (Å²) < 4.78 is 23.6. The summed E-state index contributed by atoms with van der Waals surface area (Å²) in [5.41, 5.74) is 0.726. The second-order valence-electron chi connectivity index (χ2n) is 8.61. The number of carbonyl (C=O) groups excluding carboxylic acids is 1. The van der Waals surface area contributed by atoms with Crippen molar-refractivity contribution in [3.63, 3.8) is 0 Å². The molecule has 142 valence electrons. The Bertz CT molecular complexity index is 802. The molecular formula is C19H25BrN2O3S. The first kappa shape index (κ1) is 18.4. The SMILES string of the molecule is NS(=O)(=O)c1ccc(Br)c(C(=O)NCCC23CC4CC(CC(C4)C2)C3)c1. The molecule has 4 fully saturated rings. The first-order chi connectivity index (χ1) is 12.2. The zero-order valence-electron chi connectivity index (χ0n) is 14.7. The van der Waals surface area contributed by atoms with E-state index in [4.69, 9.17) is 5.14 Å². The van der Waals surface area contributed by atoms with Crippen molar-refractivity contribution >= 4 is 31.9 Å². The van der Waals surface area contributed by atoms with Crippen molar-refractivity contribution in [3.05, 3.63) is 28.2 Å². The van der Waals surface area contributed by atoms with E-state index in [-0.39, 0.29) is 10.8 Å². The lowest BCUT2D eigenvalue weighted by molar-refractivity contribution is -0.0564. The van der Waals surface area contributed by atoms with Crippen molar-refractivity contribution in [2.75, 3.05) is 6.54 Å². The Morgan fingerprint density at radius 3 is 2.27 bits per heavy atom. The summed E-state index contributed by atoms with van der Waals surface area (Å²) in [4.78, 5) is 12.5. The van der Waals surface area contributed by atoms with Gasteiger partial charge in [-0.2, -0.15) is 0 Å². The average molecular weight is 441 g/mol. The normalized spacial score (nSPS) is 32.6. The number of benzene rings is 1. The molecule has 3 N–H and O–H groups in total. The molecule has 0 atom stereocenters. The minimum Gasteiger partial charge on any atom is -0.352 e. The maximum absolute atomic E-state index is 12.6. The molecule has 1 aromatic carbocycles. The van der Waals surface area contributed by atoms with Crippen molar-refractivity contribution in [3.8, 4) is 0 Å². The van der Waals surface area contributed by atoms with Gasteiger partial charge in [-0.1, -0.05) is 0 Å². The Hall–Kier alpha value is -0.920. The van der Waals surface area contributed by atoms with E-state index in [1.165, 1.54) is 50.7 Å². The summed E-state index contributed by atoms with van der Waals surface area (Å²) >= 11 is 3.32. The summed E-state index contributed by atoms with van der Waals surface area (Å²) in [6.45, 7) is 0.636. The monoisotopic (exact) mass is 440 g/mol. The van der Waals surface area contributed by atoms with Gasteiger partial charge in [-0.15, -0.1) is 0 Å². The van der Waals surface area contributed by atoms with Gasteiger partial charge < -0.3 is 5.32 Å². The van der Waals surface area contributed by atoms with E-state index in [1.807, 2.05) is 0 Å². The van der Waals surface area contributed by atoms with Crippen molar-refractivity contribution in [1.82, 2.24) is 5.32 Å². The molecule has 5 rings (SSSR count). The number of hydrogen-bond acceptors (Lipinski definition) is 3. The van der Waals surface area contributed by atoms with Gasteiger partial charge in [0.1, 0.15) is 0 Å². The van der Waals surface area contributed by atoms with Gasteiger partial charge in [-0.3, -0.25) is 4.79 Å². The molecule has 4 aliphatic rings. The highest BCUT2D eigenvalue weighted by Crippen LogP contribution is 2.61. The van der Waals surface area contributed by atoms with E-state index in [2.05, 4.69) is 21.2 Å². The molecule has 4 bridgehead atoms. The van der Waals surface area contributed by atoms with E-state index in [0.29, 0.717) is 22.0 Å². The Balaban J connectivity index is 1.40. The molecule has 0 spiro atoms. The van der Waals surface area contributed by atoms with Crippen LogP contribution in [0.15, 0.2) is 27.6 Å². The fraction of sp³-hybridized carbons (Fsp3) is 0.632. The molecule has 4 aliphatic carbocycles. The number of halogens is 1. The van der Waals surface area contributed by atoms with Crippen LogP contribution in [-0.4, -0.2) is 20.9 Å². The van der Waals surface area contributed by atoms with E-state index in [1.54, 1.807) is 6.07 Å². The van der Waals surface area contributed by atoms with Crippen molar-refractivity contribution in [1.29, 1.82) is 0 Å². The lowest BCUT2D eigenvalue weighted by Crippen LogP contribution is -2.47.